The van der Waals surface area contributed by atoms with Crippen molar-refractivity contribution in [2.45, 2.75) is 58.3 Å². The Morgan fingerprint density at radius 1 is 0.846 bits per heavy atom. The molecule has 13 heavy (non-hydrogen) atoms. The molecular weight excluding hydrogens is 160 g/mol. The molecule has 0 saturated carbocycles. The topological polar surface area (TPSA) is 9.23 Å². The van der Waals surface area contributed by atoms with E-state index in [9.17, 15) is 0 Å². The fraction of sp³-hybridized carbons (Fsp3) is 0.917. The Balaban J connectivity index is 2.76. The third-order valence-corrected chi connectivity index (χ3v) is 2.18. The van der Waals surface area contributed by atoms with E-state index in [1.54, 1.807) is 0 Å². The maximum atomic E-state index is 5.51. The minimum atomic E-state index is 0.951. The van der Waals surface area contributed by atoms with Gasteiger partial charge in [-0.15, -0.1) is 0 Å². The molecule has 1 heteroatoms. The van der Waals surface area contributed by atoms with Crippen molar-refractivity contribution in [2.75, 3.05) is 13.2 Å². The van der Waals surface area contributed by atoms with Gasteiger partial charge in [-0.2, -0.15) is 0 Å². The zero-order chi connectivity index (χ0) is 9.78. The van der Waals surface area contributed by atoms with Crippen LogP contribution in [0.25, 0.3) is 0 Å². The molecule has 0 rings (SSSR count). The van der Waals surface area contributed by atoms with Crippen LogP contribution < -0.4 is 0 Å². The second kappa shape index (κ2) is 12.0. The molecule has 1 radical (unpaired) electrons. The lowest BCUT2D eigenvalue weighted by Gasteiger charge is -2.03. The van der Waals surface area contributed by atoms with Gasteiger partial charge in [0.25, 0.3) is 0 Å². The van der Waals surface area contributed by atoms with Crippen LogP contribution in [-0.2, 0) is 4.74 Å². The van der Waals surface area contributed by atoms with Gasteiger partial charge in [0.15, 0.2) is 0 Å². The highest BCUT2D eigenvalue weighted by molar-refractivity contribution is 4.44. The minimum Gasteiger partial charge on any atom is -0.381 e. The summed E-state index contributed by atoms with van der Waals surface area (Å²) in [6, 6.07) is 0. The average Bonchev–Trinajstić information content (AvgIpc) is 2.16. The Hall–Kier alpha value is -0.0400. The summed E-state index contributed by atoms with van der Waals surface area (Å²) in [4.78, 5) is 0. The van der Waals surface area contributed by atoms with Gasteiger partial charge in [0.2, 0.25) is 0 Å². The van der Waals surface area contributed by atoms with Crippen LogP contribution in [0.5, 0.6) is 0 Å². The Bertz CT molecular complexity index is 71.2. The molecular formula is C12H25O. The molecule has 0 fully saturated rings. The van der Waals surface area contributed by atoms with E-state index in [0.717, 1.165) is 19.6 Å². The van der Waals surface area contributed by atoms with Crippen molar-refractivity contribution in [3.05, 3.63) is 6.92 Å². The summed E-state index contributed by atoms with van der Waals surface area (Å²) in [6.45, 7) is 7.96. The van der Waals surface area contributed by atoms with Crippen LogP contribution in [-0.4, -0.2) is 13.2 Å². The van der Waals surface area contributed by atoms with E-state index in [0.29, 0.717) is 0 Å². The molecule has 0 aromatic heterocycles. The normalized spacial score (nSPS) is 10.6. The first kappa shape index (κ1) is 13.0. The van der Waals surface area contributed by atoms with Crippen molar-refractivity contribution >= 4 is 0 Å². The smallest absolute Gasteiger partial charge is 0.0466 e. The highest BCUT2D eigenvalue weighted by atomic mass is 16.5. The number of ether oxygens (including phenoxy) is 1. The van der Waals surface area contributed by atoms with Crippen LogP contribution in [0.1, 0.15) is 58.3 Å². The first-order valence-electron chi connectivity index (χ1n) is 5.78. The van der Waals surface area contributed by atoms with E-state index in [-0.39, 0.29) is 0 Å². The number of hydrogen-bond donors (Lipinski definition) is 0. The summed E-state index contributed by atoms with van der Waals surface area (Å²) in [5, 5.41) is 0. The van der Waals surface area contributed by atoms with E-state index in [2.05, 4.69) is 13.8 Å². The Kier molecular flexibility index (Phi) is 11.9. The summed E-state index contributed by atoms with van der Waals surface area (Å²) in [5.41, 5.74) is 0. The SMILES string of the molecule is [CH2]CCCCCOCCCCCC. The highest BCUT2D eigenvalue weighted by Crippen LogP contribution is 2.01. The lowest BCUT2D eigenvalue weighted by atomic mass is 10.2. The molecule has 0 spiro atoms. The Labute approximate surface area is 83.9 Å². The largest absolute Gasteiger partial charge is 0.381 e. The van der Waals surface area contributed by atoms with Gasteiger partial charge in [0.05, 0.1) is 0 Å². The fourth-order valence-electron chi connectivity index (χ4n) is 1.29. The molecule has 1 nitrogen and oxygen atoms in total. The van der Waals surface area contributed by atoms with Gasteiger partial charge in [0.1, 0.15) is 0 Å². The van der Waals surface area contributed by atoms with Gasteiger partial charge in [-0.05, 0) is 12.8 Å². The van der Waals surface area contributed by atoms with E-state index in [1.807, 2.05) is 0 Å². The first-order valence-corrected chi connectivity index (χ1v) is 5.78. The summed E-state index contributed by atoms with van der Waals surface area (Å²) in [6.07, 6.45) is 10.0. The molecule has 0 aromatic rings. The van der Waals surface area contributed by atoms with E-state index in [4.69, 9.17) is 4.74 Å². The van der Waals surface area contributed by atoms with Crippen LogP contribution in [0.3, 0.4) is 0 Å². The van der Waals surface area contributed by atoms with Crippen molar-refractivity contribution in [3.63, 3.8) is 0 Å². The number of rotatable bonds is 10. The molecule has 0 aliphatic carbocycles. The molecule has 0 unspecified atom stereocenters. The summed E-state index contributed by atoms with van der Waals surface area (Å²) in [5.74, 6) is 0. The molecule has 0 aliphatic heterocycles. The predicted molar refractivity (Wildman–Crippen MR) is 58.8 cm³/mol. The monoisotopic (exact) mass is 185 g/mol. The lowest BCUT2D eigenvalue weighted by Crippen LogP contribution is -1.96. The van der Waals surface area contributed by atoms with Crippen LogP contribution in [0, 0.1) is 6.92 Å². The third kappa shape index (κ3) is 12.0. The predicted octanol–water partition coefficient (Wildman–Crippen LogP) is 3.98. The molecule has 0 aliphatic rings. The minimum absolute atomic E-state index is 0.951. The summed E-state index contributed by atoms with van der Waals surface area (Å²) < 4.78 is 5.51. The van der Waals surface area contributed by atoms with Crippen LogP contribution in [0.15, 0.2) is 0 Å². The van der Waals surface area contributed by atoms with Crippen molar-refractivity contribution in [1.29, 1.82) is 0 Å². The highest BCUT2D eigenvalue weighted by Gasteiger charge is 1.90. The second-order valence-electron chi connectivity index (χ2n) is 3.59. The molecule has 0 aromatic carbocycles. The quantitative estimate of drug-likeness (QED) is 0.468. The third-order valence-electron chi connectivity index (χ3n) is 2.18. The number of unbranched alkanes of at least 4 members (excludes halogenated alkanes) is 6. The second-order valence-corrected chi connectivity index (χ2v) is 3.59. The van der Waals surface area contributed by atoms with Gasteiger partial charge in [-0.1, -0.05) is 52.4 Å². The Morgan fingerprint density at radius 3 is 2.00 bits per heavy atom. The molecule has 0 atom stereocenters. The molecule has 0 heterocycles. The summed E-state index contributed by atoms with van der Waals surface area (Å²) in [7, 11) is 0. The fourth-order valence-corrected chi connectivity index (χ4v) is 1.29. The van der Waals surface area contributed by atoms with Crippen LogP contribution in [0.2, 0.25) is 0 Å². The van der Waals surface area contributed by atoms with E-state index < -0.39 is 0 Å². The average molecular weight is 185 g/mol. The standard InChI is InChI=1S/C12H25O/c1-3-5-7-9-11-13-12-10-8-6-4-2/h1,3-12H2,2H3. The maximum absolute atomic E-state index is 5.51. The van der Waals surface area contributed by atoms with Crippen molar-refractivity contribution in [2.24, 2.45) is 0 Å². The van der Waals surface area contributed by atoms with Crippen molar-refractivity contribution in [1.82, 2.24) is 0 Å². The lowest BCUT2D eigenvalue weighted by molar-refractivity contribution is 0.126. The number of hydrogen-bond acceptors (Lipinski definition) is 1. The van der Waals surface area contributed by atoms with Gasteiger partial charge in [-0.3, -0.25) is 0 Å². The first-order chi connectivity index (χ1) is 6.41. The van der Waals surface area contributed by atoms with Gasteiger partial charge in [0, 0.05) is 13.2 Å². The molecule has 0 saturated heterocycles. The molecule has 0 bridgehead atoms. The molecule has 79 valence electrons. The maximum Gasteiger partial charge on any atom is 0.0466 e. The van der Waals surface area contributed by atoms with Gasteiger partial charge >= 0.3 is 0 Å². The van der Waals surface area contributed by atoms with Gasteiger partial charge < -0.3 is 4.74 Å². The van der Waals surface area contributed by atoms with E-state index >= 15 is 0 Å². The van der Waals surface area contributed by atoms with Gasteiger partial charge in [-0.25, -0.2) is 0 Å². The van der Waals surface area contributed by atoms with Crippen LogP contribution >= 0.6 is 0 Å². The zero-order valence-corrected chi connectivity index (χ0v) is 9.19. The molecule has 0 amide bonds. The van der Waals surface area contributed by atoms with Crippen molar-refractivity contribution < 1.29 is 4.74 Å². The van der Waals surface area contributed by atoms with Crippen molar-refractivity contribution in [3.8, 4) is 0 Å². The van der Waals surface area contributed by atoms with E-state index in [1.165, 1.54) is 44.9 Å². The Morgan fingerprint density at radius 2 is 1.46 bits per heavy atom. The summed E-state index contributed by atoms with van der Waals surface area (Å²) >= 11 is 0. The zero-order valence-electron chi connectivity index (χ0n) is 9.19. The molecule has 0 N–H and O–H groups in total. The van der Waals surface area contributed by atoms with Crippen LogP contribution in [0.4, 0.5) is 0 Å².